The van der Waals surface area contributed by atoms with Crippen molar-refractivity contribution in [2.24, 2.45) is 0 Å². The summed E-state index contributed by atoms with van der Waals surface area (Å²) in [6.07, 6.45) is 0. The Morgan fingerprint density at radius 3 is 2.25 bits per heavy atom. The van der Waals surface area contributed by atoms with Crippen LogP contribution in [0, 0.1) is 0 Å². The van der Waals surface area contributed by atoms with Crippen molar-refractivity contribution in [1.82, 2.24) is 4.58 Å². The average Bonchev–Trinajstić information content (AvgIpc) is 3.13. The molecule has 0 aliphatic carbocycles. The number of nitrogens with one attached hydrogen (secondary N) is 1. The molecule has 102 valence electrons. The van der Waals surface area contributed by atoms with E-state index >= 15 is 0 Å². The minimum atomic E-state index is 1.13. The minimum Gasteiger partial charge on any atom is -0.370 e. The van der Waals surface area contributed by atoms with Crippen molar-refractivity contribution in [3.63, 3.8) is 0 Å². The van der Waals surface area contributed by atoms with E-state index in [0.717, 1.165) is 5.69 Å². The molecule has 3 aromatic rings. The Morgan fingerprint density at radius 2 is 1.65 bits per heavy atom. The Hall–Kier alpha value is -2.29. The third-order valence-corrected chi connectivity index (χ3v) is 3.55. The lowest BCUT2D eigenvalue weighted by molar-refractivity contribution is 0.830. The van der Waals surface area contributed by atoms with E-state index in [0.29, 0.717) is 0 Å². The summed E-state index contributed by atoms with van der Waals surface area (Å²) in [7, 11) is 8.31. The summed E-state index contributed by atoms with van der Waals surface area (Å²) < 4.78 is 2.15. The van der Waals surface area contributed by atoms with Crippen molar-refractivity contribution in [3.05, 3.63) is 47.8 Å². The number of benzene rings is 2. The SMILES string of the molecule is CN(C)c1c(Nc2ccc3ccccc3c2)c1=[N+](C)C. The highest BCUT2D eigenvalue weighted by Crippen LogP contribution is 2.30. The summed E-state index contributed by atoms with van der Waals surface area (Å²) in [6.45, 7) is 0. The Kier molecular flexibility index (Phi) is 2.97. The predicted octanol–water partition coefficient (Wildman–Crippen LogP) is 2.56. The Bertz CT molecular complexity index is 786. The molecule has 0 radical (unpaired) electrons. The zero-order valence-corrected chi connectivity index (χ0v) is 12.4. The Morgan fingerprint density at radius 1 is 0.950 bits per heavy atom. The first kappa shape index (κ1) is 12.7. The molecule has 0 amide bonds. The van der Waals surface area contributed by atoms with Gasteiger partial charge in [-0.1, -0.05) is 30.3 Å². The van der Waals surface area contributed by atoms with E-state index in [9.17, 15) is 0 Å². The summed E-state index contributed by atoms with van der Waals surface area (Å²) in [6, 6.07) is 14.9. The van der Waals surface area contributed by atoms with Crippen molar-refractivity contribution in [3.8, 4) is 0 Å². The van der Waals surface area contributed by atoms with Gasteiger partial charge in [-0.15, -0.1) is 0 Å². The lowest BCUT2D eigenvalue weighted by atomic mass is 10.1. The first-order chi connectivity index (χ1) is 9.58. The topological polar surface area (TPSA) is 18.3 Å². The number of hydrogen-bond donors (Lipinski definition) is 1. The summed E-state index contributed by atoms with van der Waals surface area (Å²) in [4.78, 5) is 2.15. The van der Waals surface area contributed by atoms with Crippen LogP contribution in [0.1, 0.15) is 0 Å². The van der Waals surface area contributed by atoms with Gasteiger partial charge in [-0.3, -0.25) is 0 Å². The molecule has 3 nitrogen and oxygen atoms in total. The number of nitrogens with zero attached hydrogens (tertiary/aromatic N) is 2. The largest absolute Gasteiger partial charge is 0.370 e. The lowest BCUT2D eigenvalue weighted by Crippen LogP contribution is -2.17. The van der Waals surface area contributed by atoms with E-state index in [1.807, 2.05) is 0 Å². The summed E-state index contributed by atoms with van der Waals surface area (Å²) in [5.41, 5.74) is 3.63. The van der Waals surface area contributed by atoms with E-state index in [1.54, 1.807) is 0 Å². The van der Waals surface area contributed by atoms with Gasteiger partial charge in [0.05, 0.1) is 0 Å². The van der Waals surface area contributed by atoms with E-state index in [2.05, 4.69) is 85.4 Å². The quantitative estimate of drug-likeness (QED) is 0.734. The molecule has 3 aromatic carbocycles. The highest BCUT2D eigenvalue weighted by molar-refractivity contribution is 5.91. The van der Waals surface area contributed by atoms with E-state index in [4.69, 9.17) is 0 Å². The molecule has 0 atom stereocenters. The van der Waals surface area contributed by atoms with E-state index < -0.39 is 0 Å². The third kappa shape index (κ3) is 2.16. The maximum atomic E-state index is 3.53. The zero-order chi connectivity index (χ0) is 14.3. The maximum absolute atomic E-state index is 3.53. The van der Waals surface area contributed by atoms with E-state index in [1.165, 1.54) is 27.5 Å². The smallest absolute Gasteiger partial charge is 0.251 e. The van der Waals surface area contributed by atoms with Gasteiger partial charge in [-0.25, -0.2) is 4.58 Å². The molecule has 0 aliphatic rings. The lowest BCUT2D eigenvalue weighted by Gasteiger charge is -2.05. The van der Waals surface area contributed by atoms with Crippen molar-refractivity contribution in [2.45, 2.75) is 0 Å². The van der Waals surface area contributed by atoms with Crippen LogP contribution in [0.5, 0.6) is 0 Å². The molecule has 0 aromatic heterocycles. The molecule has 3 heteroatoms. The van der Waals surface area contributed by atoms with Crippen LogP contribution in [0.25, 0.3) is 10.8 Å². The van der Waals surface area contributed by atoms with Gasteiger partial charge in [0.2, 0.25) is 0 Å². The second kappa shape index (κ2) is 4.67. The molecular formula is C17H20N3+. The van der Waals surface area contributed by atoms with Gasteiger partial charge in [0, 0.05) is 19.8 Å². The van der Waals surface area contributed by atoms with Crippen molar-refractivity contribution >= 4 is 27.8 Å². The van der Waals surface area contributed by atoms with Crippen LogP contribution in [0.15, 0.2) is 42.5 Å². The molecular weight excluding hydrogens is 246 g/mol. The molecule has 3 rings (SSSR count). The molecule has 0 saturated carbocycles. The Balaban J connectivity index is 1.96. The Labute approximate surface area is 119 Å². The zero-order valence-electron chi connectivity index (χ0n) is 12.4. The number of hydrogen-bond acceptors (Lipinski definition) is 2. The molecule has 20 heavy (non-hydrogen) atoms. The number of rotatable bonds is 3. The first-order valence-electron chi connectivity index (χ1n) is 6.80. The molecule has 0 bridgehead atoms. The molecule has 0 unspecified atom stereocenters. The fraction of sp³-hybridized carbons (Fsp3) is 0.235. The van der Waals surface area contributed by atoms with E-state index in [-0.39, 0.29) is 0 Å². The van der Waals surface area contributed by atoms with Crippen molar-refractivity contribution in [2.75, 3.05) is 38.4 Å². The average molecular weight is 266 g/mol. The van der Waals surface area contributed by atoms with Crippen LogP contribution < -0.4 is 20.1 Å². The van der Waals surface area contributed by atoms with Gasteiger partial charge in [0.25, 0.3) is 5.36 Å². The van der Waals surface area contributed by atoms with Crippen LogP contribution >= 0.6 is 0 Å². The fourth-order valence-electron chi connectivity index (χ4n) is 2.57. The molecule has 0 spiro atoms. The summed E-state index contributed by atoms with van der Waals surface area (Å²) in [5, 5.41) is 7.34. The molecule has 0 heterocycles. The second-order valence-electron chi connectivity index (χ2n) is 5.55. The van der Waals surface area contributed by atoms with Crippen LogP contribution in [0.4, 0.5) is 17.1 Å². The van der Waals surface area contributed by atoms with Crippen LogP contribution in [0.3, 0.4) is 0 Å². The number of anilines is 3. The molecule has 0 saturated heterocycles. The fourth-order valence-corrected chi connectivity index (χ4v) is 2.57. The second-order valence-corrected chi connectivity index (χ2v) is 5.55. The molecule has 1 N–H and O–H groups in total. The van der Waals surface area contributed by atoms with Gasteiger partial charge in [-0.05, 0) is 22.9 Å². The monoisotopic (exact) mass is 266 g/mol. The molecule has 0 aliphatic heterocycles. The predicted molar refractivity (Wildman–Crippen MR) is 87.5 cm³/mol. The standard InChI is InChI=1S/C17H19N3/c1-19(2)16-15(17(16)20(3)4)18-14-10-9-12-7-5-6-8-13(12)11-14/h5-11H,1-4H3/p+1. The van der Waals surface area contributed by atoms with Crippen molar-refractivity contribution in [1.29, 1.82) is 0 Å². The van der Waals surface area contributed by atoms with Crippen LogP contribution in [0.2, 0.25) is 0 Å². The van der Waals surface area contributed by atoms with Gasteiger partial charge in [-0.2, -0.15) is 0 Å². The minimum absolute atomic E-state index is 1.13. The maximum Gasteiger partial charge on any atom is 0.251 e. The van der Waals surface area contributed by atoms with Gasteiger partial charge < -0.3 is 10.2 Å². The highest BCUT2D eigenvalue weighted by atomic mass is 15.2. The van der Waals surface area contributed by atoms with Gasteiger partial charge in [0.15, 0.2) is 0 Å². The normalized spacial score (nSPS) is 11.0. The van der Waals surface area contributed by atoms with Crippen LogP contribution in [-0.2, 0) is 0 Å². The first-order valence-corrected chi connectivity index (χ1v) is 6.80. The van der Waals surface area contributed by atoms with Gasteiger partial charge >= 0.3 is 0 Å². The third-order valence-electron chi connectivity index (χ3n) is 3.55. The summed E-state index contributed by atoms with van der Waals surface area (Å²) >= 11 is 0. The molecule has 0 fully saturated rings. The summed E-state index contributed by atoms with van der Waals surface area (Å²) in [5.74, 6) is 0. The van der Waals surface area contributed by atoms with Crippen LogP contribution in [-0.4, -0.2) is 28.2 Å². The van der Waals surface area contributed by atoms with Gasteiger partial charge in [0.1, 0.15) is 25.5 Å². The number of fused-ring (bicyclic) bond motifs is 1. The highest BCUT2D eigenvalue weighted by Gasteiger charge is 2.28. The van der Waals surface area contributed by atoms with Crippen molar-refractivity contribution < 1.29 is 0 Å².